The number of nitrogens with one attached hydrogen (secondary N) is 1. The van der Waals surface area contributed by atoms with Gasteiger partial charge in [-0.25, -0.2) is 0 Å². The van der Waals surface area contributed by atoms with Crippen LogP contribution in [0.2, 0.25) is 0 Å². The van der Waals surface area contributed by atoms with Crippen LogP contribution in [0.25, 0.3) is 0 Å². The smallest absolute Gasteiger partial charge is 0.118 e. The van der Waals surface area contributed by atoms with E-state index in [0.717, 1.165) is 25.4 Å². The van der Waals surface area contributed by atoms with Gasteiger partial charge in [0.2, 0.25) is 0 Å². The van der Waals surface area contributed by atoms with E-state index in [4.69, 9.17) is 4.74 Å². The summed E-state index contributed by atoms with van der Waals surface area (Å²) in [6, 6.07) is 9.03. The van der Waals surface area contributed by atoms with Crippen LogP contribution >= 0.6 is 0 Å². The summed E-state index contributed by atoms with van der Waals surface area (Å²) in [4.78, 5) is 2.51. The molecule has 0 saturated carbocycles. The van der Waals surface area contributed by atoms with E-state index in [-0.39, 0.29) is 0 Å². The maximum atomic E-state index is 5.17. The van der Waals surface area contributed by atoms with Crippen molar-refractivity contribution in [3.8, 4) is 5.75 Å². The van der Waals surface area contributed by atoms with Crippen molar-refractivity contribution in [2.45, 2.75) is 25.9 Å². The molecular weight excluding hydrogens is 212 g/mol. The molecule has 0 amide bonds. The molecule has 0 spiro atoms. The average Bonchev–Trinajstić information content (AvgIpc) is 2.56. The van der Waals surface area contributed by atoms with Gasteiger partial charge in [0.05, 0.1) is 7.11 Å². The minimum Gasteiger partial charge on any atom is -0.497 e. The van der Waals surface area contributed by atoms with E-state index in [2.05, 4.69) is 29.3 Å². The van der Waals surface area contributed by atoms with Crippen molar-refractivity contribution in [3.63, 3.8) is 0 Å². The maximum absolute atomic E-state index is 5.17. The zero-order valence-corrected chi connectivity index (χ0v) is 10.8. The molecule has 1 fully saturated rings. The molecule has 1 aromatic rings. The lowest BCUT2D eigenvalue weighted by Gasteiger charge is -2.19. The summed E-state index contributed by atoms with van der Waals surface area (Å²) in [5.74, 6) is 0.930. The van der Waals surface area contributed by atoms with Crippen molar-refractivity contribution in [3.05, 3.63) is 29.8 Å². The SMILES string of the molecule is COc1ccc(CN2CCN[C@@H](C)CC2)cc1. The van der Waals surface area contributed by atoms with E-state index < -0.39 is 0 Å². The Labute approximate surface area is 104 Å². The summed E-state index contributed by atoms with van der Waals surface area (Å²) in [6.45, 7) is 6.71. The van der Waals surface area contributed by atoms with Crippen LogP contribution in [0.5, 0.6) is 5.75 Å². The molecule has 0 unspecified atom stereocenters. The van der Waals surface area contributed by atoms with Crippen LogP contribution in [0.4, 0.5) is 0 Å². The fraction of sp³-hybridized carbons (Fsp3) is 0.571. The van der Waals surface area contributed by atoms with Crippen molar-refractivity contribution in [2.75, 3.05) is 26.7 Å². The Morgan fingerprint density at radius 1 is 1.29 bits per heavy atom. The normalized spacial score (nSPS) is 22.1. The Hall–Kier alpha value is -1.06. The highest BCUT2D eigenvalue weighted by Gasteiger charge is 2.12. The summed E-state index contributed by atoms with van der Waals surface area (Å²) >= 11 is 0. The molecular formula is C14H22N2O. The first-order valence-electron chi connectivity index (χ1n) is 6.36. The van der Waals surface area contributed by atoms with Crippen LogP contribution in [-0.4, -0.2) is 37.7 Å². The summed E-state index contributed by atoms with van der Waals surface area (Å²) in [6.07, 6.45) is 1.23. The number of rotatable bonds is 3. The molecule has 2 rings (SSSR count). The largest absolute Gasteiger partial charge is 0.497 e. The quantitative estimate of drug-likeness (QED) is 0.864. The summed E-state index contributed by atoms with van der Waals surface area (Å²) in [7, 11) is 1.71. The van der Waals surface area contributed by atoms with Crippen molar-refractivity contribution in [1.29, 1.82) is 0 Å². The highest BCUT2D eigenvalue weighted by molar-refractivity contribution is 5.27. The lowest BCUT2D eigenvalue weighted by molar-refractivity contribution is 0.282. The summed E-state index contributed by atoms with van der Waals surface area (Å²) in [5.41, 5.74) is 1.36. The standard InChI is InChI=1S/C14H22N2O/c1-12-7-9-16(10-8-15-12)11-13-3-5-14(17-2)6-4-13/h3-6,12,15H,7-11H2,1-2H3/t12-/m0/s1. The minimum absolute atomic E-state index is 0.649. The van der Waals surface area contributed by atoms with Gasteiger partial charge in [-0.1, -0.05) is 12.1 Å². The predicted molar refractivity (Wildman–Crippen MR) is 70.4 cm³/mol. The third-order valence-corrected chi connectivity index (χ3v) is 3.36. The van der Waals surface area contributed by atoms with E-state index in [1.165, 1.54) is 18.5 Å². The molecule has 0 aliphatic carbocycles. The Morgan fingerprint density at radius 2 is 2.06 bits per heavy atom. The molecule has 1 saturated heterocycles. The Balaban J connectivity index is 1.90. The van der Waals surface area contributed by atoms with Gasteiger partial charge in [0.25, 0.3) is 0 Å². The van der Waals surface area contributed by atoms with Gasteiger partial charge in [0, 0.05) is 32.2 Å². The molecule has 1 atom stereocenters. The van der Waals surface area contributed by atoms with Crippen LogP contribution in [0.3, 0.4) is 0 Å². The molecule has 3 heteroatoms. The van der Waals surface area contributed by atoms with Crippen molar-refractivity contribution in [2.24, 2.45) is 0 Å². The second kappa shape index (κ2) is 6.03. The highest BCUT2D eigenvalue weighted by atomic mass is 16.5. The third kappa shape index (κ3) is 3.72. The fourth-order valence-corrected chi connectivity index (χ4v) is 2.21. The van der Waals surface area contributed by atoms with Gasteiger partial charge >= 0.3 is 0 Å². The lowest BCUT2D eigenvalue weighted by Crippen LogP contribution is -2.28. The molecule has 0 bridgehead atoms. The number of hydrogen-bond acceptors (Lipinski definition) is 3. The fourth-order valence-electron chi connectivity index (χ4n) is 2.21. The van der Waals surface area contributed by atoms with Gasteiger partial charge < -0.3 is 10.1 Å². The number of methoxy groups -OCH3 is 1. The number of ether oxygens (including phenoxy) is 1. The van der Waals surface area contributed by atoms with E-state index in [1.807, 2.05) is 12.1 Å². The van der Waals surface area contributed by atoms with Gasteiger partial charge in [-0.15, -0.1) is 0 Å². The second-order valence-electron chi connectivity index (χ2n) is 4.77. The Bertz CT molecular complexity index is 337. The topological polar surface area (TPSA) is 24.5 Å². The van der Waals surface area contributed by atoms with Crippen LogP contribution < -0.4 is 10.1 Å². The van der Waals surface area contributed by atoms with Gasteiger partial charge in [0.15, 0.2) is 0 Å². The van der Waals surface area contributed by atoms with E-state index in [1.54, 1.807) is 7.11 Å². The first-order valence-corrected chi connectivity index (χ1v) is 6.36. The zero-order valence-electron chi connectivity index (χ0n) is 10.8. The van der Waals surface area contributed by atoms with E-state index in [9.17, 15) is 0 Å². The minimum atomic E-state index is 0.649. The average molecular weight is 234 g/mol. The van der Waals surface area contributed by atoms with Crippen molar-refractivity contribution >= 4 is 0 Å². The van der Waals surface area contributed by atoms with Gasteiger partial charge in [-0.2, -0.15) is 0 Å². The number of nitrogens with zero attached hydrogens (tertiary/aromatic N) is 1. The van der Waals surface area contributed by atoms with Crippen LogP contribution in [0.1, 0.15) is 18.9 Å². The first kappa shape index (κ1) is 12.4. The van der Waals surface area contributed by atoms with Crippen molar-refractivity contribution in [1.82, 2.24) is 10.2 Å². The lowest BCUT2D eigenvalue weighted by atomic mass is 10.2. The summed E-state index contributed by atoms with van der Waals surface area (Å²) < 4.78 is 5.17. The van der Waals surface area contributed by atoms with Crippen LogP contribution in [0.15, 0.2) is 24.3 Å². The van der Waals surface area contributed by atoms with Gasteiger partial charge in [0.1, 0.15) is 5.75 Å². The summed E-state index contributed by atoms with van der Waals surface area (Å²) in [5, 5.41) is 3.52. The Kier molecular flexibility index (Phi) is 4.40. The molecule has 1 aliphatic rings. The predicted octanol–water partition coefficient (Wildman–Crippen LogP) is 1.88. The molecule has 94 valence electrons. The molecule has 0 radical (unpaired) electrons. The molecule has 1 aromatic carbocycles. The molecule has 0 aromatic heterocycles. The van der Waals surface area contributed by atoms with Crippen molar-refractivity contribution < 1.29 is 4.74 Å². The molecule has 1 aliphatic heterocycles. The first-order chi connectivity index (χ1) is 8.28. The number of hydrogen-bond donors (Lipinski definition) is 1. The second-order valence-corrected chi connectivity index (χ2v) is 4.77. The monoisotopic (exact) mass is 234 g/mol. The van der Waals surface area contributed by atoms with Gasteiger partial charge in [-0.3, -0.25) is 4.90 Å². The maximum Gasteiger partial charge on any atom is 0.118 e. The molecule has 1 heterocycles. The zero-order chi connectivity index (χ0) is 12.1. The molecule has 17 heavy (non-hydrogen) atoms. The highest BCUT2D eigenvalue weighted by Crippen LogP contribution is 2.13. The van der Waals surface area contributed by atoms with E-state index >= 15 is 0 Å². The molecule has 1 N–H and O–H groups in total. The molecule has 3 nitrogen and oxygen atoms in total. The third-order valence-electron chi connectivity index (χ3n) is 3.36. The van der Waals surface area contributed by atoms with E-state index in [0.29, 0.717) is 6.04 Å². The van der Waals surface area contributed by atoms with Crippen LogP contribution in [-0.2, 0) is 6.54 Å². The van der Waals surface area contributed by atoms with Gasteiger partial charge in [-0.05, 0) is 31.0 Å². The van der Waals surface area contributed by atoms with Crippen LogP contribution in [0, 0.1) is 0 Å². The Morgan fingerprint density at radius 3 is 2.76 bits per heavy atom. The number of benzene rings is 1.